The van der Waals surface area contributed by atoms with Crippen LogP contribution in [-0.2, 0) is 13.5 Å². The van der Waals surface area contributed by atoms with Gasteiger partial charge in [0.1, 0.15) is 5.82 Å². The first kappa shape index (κ1) is 14.6. The van der Waals surface area contributed by atoms with E-state index < -0.39 is 0 Å². The van der Waals surface area contributed by atoms with Gasteiger partial charge in [-0.15, -0.1) is 0 Å². The molecule has 1 atom stereocenters. The summed E-state index contributed by atoms with van der Waals surface area (Å²) in [6.07, 6.45) is 11.9. The van der Waals surface area contributed by atoms with Gasteiger partial charge in [0.15, 0.2) is 0 Å². The molecule has 0 spiro atoms. The Bertz CT molecular complexity index is 364. The number of aromatic nitrogens is 2. The molecule has 2 rings (SSSR count). The fraction of sp³-hybridized carbons (Fsp3) is 0.812. The van der Waals surface area contributed by atoms with E-state index in [0.717, 1.165) is 24.8 Å². The molecule has 0 aliphatic heterocycles. The van der Waals surface area contributed by atoms with Crippen LogP contribution in [0.2, 0.25) is 0 Å². The van der Waals surface area contributed by atoms with E-state index in [-0.39, 0.29) is 0 Å². The number of hydrogen-bond acceptors (Lipinski definition) is 2. The van der Waals surface area contributed by atoms with Crippen molar-refractivity contribution in [3.63, 3.8) is 0 Å². The van der Waals surface area contributed by atoms with E-state index in [4.69, 9.17) is 0 Å². The molecule has 1 heterocycles. The Labute approximate surface area is 117 Å². The first-order chi connectivity index (χ1) is 9.20. The van der Waals surface area contributed by atoms with Crippen LogP contribution in [0.4, 0.5) is 0 Å². The Kier molecular flexibility index (Phi) is 5.44. The molecule has 3 heteroatoms. The van der Waals surface area contributed by atoms with Crippen LogP contribution >= 0.6 is 0 Å². The Morgan fingerprint density at radius 1 is 1.37 bits per heavy atom. The van der Waals surface area contributed by atoms with E-state index in [9.17, 15) is 0 Å². The van der Waals surface area contributed by atoms with Crippen molar-refractivity contribution in [2.75, 3.05) is 6.54 Å². The van der Waals surface area contributed by atoms with E-state index in [1.165, 1.54) is 37.9 Å². The Hall–Kier alpha value is -0.830. The van der Waals surface area contributed by atoms with Gasteiger partial charge in [0.25, 0.3) is 0 Å². The van der Waals surface area contributed by atoms with Gasteiger partial charge in [-0.05, 0) is 37.6 Å². The third kappa shape index (κ3) is 4.07. The van der Waals surface area contributed by atoms with Crippen molar-refractivity contribution in [3.05, 3.63) is 18.2 Å². The molecule has 0 aromatic carbocycles. The summed E-state index contributed by atoms with van der Waals surface area (Å²) in [7, 11) is 2.09. The van der Waals surface area contributed by atoms with Crippen molar-refractivity contribution >= 4 is 0 Å². The van der Waals surface area contributed by atoms with Crippen LogP contribution in [0.25, 0.3) is 0 Å². The predicted molar refractivity (Wildman–Crippen MR) is 80.1 cm³/mol. The van der Waals surface area contributed by atoms with E-state index in [0.29, 0.717) is 6.04 Å². The zero-order valence-corrected chi connectivity index (χ0v) is 12.7. The van der Waals surface area contributed by atoms with Gasteiger partial charge in [-0.3, -0.25) is 0 Å². The van der Waals surface area contributed by atoms with Gasteiger partial charge in [-0.25, -0.2) is 4.98 Å². The largest absolute Gasteiger partial charge is 0.338 e. The van der Waals surface area contributed by atoms with Crippen molar-refractivity contribution in [1.82, 2.24) is 14.9 Å². The lowest BCUT2D eigenvalue weighted by Crippen LogP contribution is -2.38. The lowest BCUT2D eigenvalue weighted by Gasteiger charge is -2.33. The normalized spacial score (nSPS) is 25.4. The van der Waals surface area contributed by atoms with E-state index in [1.807, 2.05) is 12.4 Å². The first-order valence-electron chi connectivity index (χ1n) is 7.90. The number of nitrogens with one attached hydrogen (secondary N) is 1. The van der Waals surface area contributed by atoms with E-state index in [1.54, 1.807) is 0 Å². The molecule has 3 nitrogen and oxygen atoms in total. The summed E-state index contributed by atoms with van der Waals surface area (Å²) in [5.41, 5.74) is 0. The third-order valence-electron chi connectivity index (χ3n) is 4.70. The summed E-state index contributed by atoms with van der Waals surface area (Å²) in [5.74, 6) is 3.02. The van der Waals surface area contributed by atoms with Crippen molar-refractivity contribution < 1.29 is 0 Å². The summed E-state index contributed by atoms with van der Waals surface area (Å²) < 4.78 is 2.14. The van der Waals surface area contributed by atoms with Gasteiger partial charge in [-0.2, -0.15) is 0 Å². The van der Waals surface area contributed by atoms with Crippen LogP contribution < -0.4 is 5.32 Å². The van der Waals surface area contributed by atoms with Crippen molar-refractivity contribution in [2.45, 2.75) is 58.4 Å². The predicted octanol–water partition coefficient (Wildman–Crippen LogP) is 3.16. The number of rotatable bonds is 6. The third-order valence-corrected chi connectivity index (χ3v) is 4.70. The smallest absolute Gasteiger partial charge is 0.108 e. The van der Waals surface area contributed by atoms with Crippen LogP contribution in [0.3, 0.4) is 0 Å². The SMILES string of the molecule is CCNC(CCc1nccn1C)C1CCC(C)CC1. The molecule has 0 saturated heterocycles. The van der Waals surface area contributed by atoms with Crippen molar-refractivity contribution in [2.24, 2.45) is 18.9 Å². The highest BCUT2D eigenvalue weighted by atomic mass is 15.0. The lowest BCUT2D eigenvalue weighted by molar-refractivity contribution is 0.223. The van der Waals surface area contributed by atoms with Gasteiger partial charge in [0, 0.05) is 31.9 Å². The molecule has 0 radical (unpaired) electrons. The average molecular weight is 263 g/mol. The van der Waals surface area contributed by atoms with Crippen molar-refractivity contribution in [3.8, 4) is 0 Å². The second kappa shape index (κ2) is 7.09. The quantitative estimate of drug-likeness (QED) is 0.854. The molecule has 0 amide bonds. The Morgan fingerprint density at radius 3 is 2.68 bits per heavy atom. The summed E-state index contributed by atoms with van der Waals surface area (Å²) >= 11 is 0. The summed E-state index contributed by atoms with van der Waals surface area (Å²) in [6, 6.07) is 0.675. The number of aryl methyl sites for hydroxylation is 2. The topological polar surface area (TPSA) is 29.9 Å². The average Bonchev–Trinajstić information content (AvgIpc) is 2.81. The minimum atomic E-state index is 0.675. The van der Waals surface area contributed by atoms with Crippen LogP contribution in [0.5, 0.6) is 0 Å². The molecule has 1 unspecified atom stereocenters. The maximum Gasteiger partial charge on any atom is 0.108 e. The van der Waals surface area contributed by atoms with Gasteiger partial charge in [-0.1, -0.05) is 26.7 Å². The van der Waals surface area contributed by atoms with Gasteiger partial charge < -0.3 is 9.88 Å². The van der Waals surface area contributed by atoms with Crippen LogP contribution in [0.15, 0.2) is 12.4 Å². The standard InChI is InChI=1S/C16H29N3/c1-4-17-15(14-7-5-13(2)6-8-14)9-10-16-18-11-12-19(16)3/h11-15,17H,4-10H2,1-3H3. The molecule has 19 heavy (non-hydrogen) atoms. The van der Waals surface area contributed by atoms with E-state index >= 15 is 0 Å². The maximum absolute atomic E-state index is 4.44. The monoisotopic (exact) mass is 263 g/mol. The Morgan fingerprint density at radius 2 is 2.11 bits per heavy atom. The van der Waals surface area contributed by atoms with Crippen LogP contribution in [-0.4, -0.2) is 22.1 Å². The molecule has 1 aromatic rings. The van der Waals surface area contributed by atoms with Crippen LogP contribution in [0, 0.1) is 11.8 Å². The molecule has 0 bridgehead atoms. The zero-order chi connectivity index (χ0) is 13.7. The molecule has 1 aliphatic rings. The molecular formula is C16H29N3. The number of imidazole rings is 1. The molecule has 108 valence electrons. The van der Waals surface area contributed by atoms with Gasteiger partial charge >= 0.3 is 0 Å². The maximum atomic E-state index is 4.44. The fourth-order valence-corrected chi connectivity index (χ4v) is 3.38. The molecule has 1 aliphatic carbocycles. The molecular weight excluding hydrogens is 234 g/mol. The second-order valence-electron chi connectivity index (χ2n) is 6.18. The minimum Gasteiger partial charge on any atom is -0.338 e. The molecule has 1 saturated carbocycles. The Balaban J connectivity index is 1.87. The molecule has 1 N–H and O–H groups in total. The van der Waals surface area contributed by atoms with Gasteiger partial charge in [0.05, 0.1) is 0 Å². The minimum absolute atomic E-state index is 0.675. The highest BCUT2D eigenvalue weighted by molar-refractivity contribution is 4.93. The van der Waals surface area contributed by atoms with Crippen LogP contribution in [0.1, 0.15) is 51.8 Å². The molecule has 1 fully saturated rings. The highest BCUT2D eigenvalue weighted by Gasteiger charge is 2.25. The summed E-state index contributed by atoms with van der Waals surface area (Å²) in [5, 5.41) is 3.71. The van der Waals surface area contributed by atoms with Crippen molar-refractivity contribution in [1.29, 1.82) is 0 Å². The fourth-order valence-electron chi connectivity index (χ4n) is 3.38. The lowest BCUT2D eigenvalue weighted by atomic mass is 9.78. The number of nitrogens with zero attached hydrogens (tertiary/aromatic N) is 2. The highest BCUT2D eigenvalue weighted by Crippen LogP contribution is 2.31. The first-order valence-corrected chi connectivity index (χ1v) is 7.90. The summed E-state index contributed by atoms with van der Waals surface area (Å²) in [6.45, 7) is 5.70. The number of hydrogen-bond donors (Lipinski definition) is 1. The second-order valence-corrected chi connectivity index (χ2v) is 6.18. The zero-order valence-electron chi connectivity index (χ0n) is 12.7. The van der Waals surface area contributed by atoms with Gasteiger partial charge in [0.2, 0.25) is 0 Å². The van der Waals surface area contributed by atoms with E-state index in [2.05, 4.69) is 35.8 Å². The summed E-state index contributed by atoms with van der Waals surface area (Å²) in [4.78, 5) is 4.44. The molecule has 1 aromatic heterocycles.